The zero-order valence-corrected chi connectivity index (χ0v) is 11.6. The quantitative estimate of drug-likeness (QED) is 0.847. The van der Waals surface area contributed by atoms with E-state index in [1.54, 1.807) is 18.2 Å². The Morgan fingerprint density at radius 1 is 1.10 bits per heavy atom. The largest absolute Gasteiger partial charge is 0.323 e. The number of carbonyl (C=O) groups is 1. The van der Waals surface area contributed by atoms with E-state index in [-0.39, 0.29) is 11.7 Å². The second-order valence-electron chi connectivity index (χ2n) is 5.21. The SMILES string of the molecule is O=C(C=Cc1cccc(F)c1)Nc1ccc2c(c1)CCC2. The summed E-state index contributed by atoms with van der Waals surface area (Å²) in [4.78, 5) is 11.9. The molecule has 2 nitrogen and oxygen atoms in total. The van der Waals surface area contributed by atoms with Gasteiger partial charge in [0.15, 0.2) is 0 Å². The smallest absolute Gasteiger partial charge is 0.248 e. The molecule has 0 radical (unpaired) electrons. The Morgan fingerprint density at radius 2 is 1.95 bits per heavy atom. The van der Waals surface area contributed by atoms with E-state index in [1.165, 1.54) is 35.8 Å². The molecule has 1 amide bonds. The molecular formula is C18H16FNO. The predicted octanol–water partition coefficient (Wildman–Crippen LogP) is 3.97. The van der Waals surface area contributed by atoms with Crippen LogP contribution in [0.2, 0.25) is 0 Å². The van der Waals surface area contributed by atoms with Crippen LogP contribution in [0.3, 0.4) is 0 Å². The van der Waals surface area contributed by atoms with Gasteiger partial charge in [-0.3, -0.25) is 4.79 Å². The van der Waals surface area contributed by atoms with Gasteiger partial charge < -0.3 is 5.32 Å². The van der Waals surface area contributed by atoms with E-state index >= 15 is 0 Å². The maximum absolute atomic E-state index is 13.0. The van der Waals surface area contributed by atoms with Crippen molar-refractivity contribution in [3.8, 4) is 0 Å². The highest BCUT2D eigenvalue weighted by molar-refractivity contribution is 6.02. The lowest BCUT2D eigenvalue weighted by Crippen LogP contribution is -2.08. The summed E-state index contributed by atoms with van der Waals surface area (Å²) in [5.41, 5.74) is 4.17. The monoisotopic (exact) mass is 281 g/mol. The maximum atomic E-state index is 13.0. The summed E-state index contributed by atoms with van der Waals surface area (Å²) in [6.45, 7) is 0. The minimum Gasteiger partial charge on any atom is -0.323 e. The molecule has 0 saturated carbocycles. The van der Waals surface area contributed by atoms with Crippen molar-refractivity contribution in [3.63, 3.8) is 0 Å². The zero-order valence-electron chi connectivity index (χ0n) is 11.6. The second kappa shape index (κ2) is 5.92. The van der Waals surface area contributed by atoms with Crippen LogP contribution >= 0.6 is 0 Å². The van der Waals surface area contributed by atoms with Crippen molar-refractivity contribution in [2.45, 2.75) is 19.3 Å². The molecule has 3 rings (SSSR count). The number of benzene rings is 2. The van der Waals surface area contributed by atoms with Gasteiger partial charge in [-0.1, -0.05) is 18.2 Å². The number of hydrogen-bond acceptors (Lipinski definition) is 1. The lowest BCUT2D eigenvalue weighted by Gasteiger charge is -2.05. The van der Waals surface area contributed by atoms with Crippen molar-refractivity contribution in [3.05, 3.63) is 71.0 Å². The number of carbonyl (C=O) groups excluding carboxylic acids is 1. The maximum Gasteiger partial charge on any atom is 0.248 e. The molecule has 2 aromatic rings. The molecule has 2 aromatic carbocycles. The summed E-state index contributed by atoms with van der Waals surface area (Å²) in [7, 11) is 0. The zero-order chi connectivity index (χ0) is 14.7. The minimum absolute atomic E-state index is 0.211. The van der Waals surface area contributed by atoms with Gasteiger partial charge in [-0.25, -0.2) is 4.39 Å². The van der Waals surface area contributed by atoms with Crippen molar-refractivity contribution in [2.24, 2.45) is 0 Å². The van der Waals surface area contributed by atoms with Gasteiger partial charge in [-0.05, 0) is 66.3 Å². The van der Waals surface area contributed by atoms with Crippen LogP contribution in [0.5, 0.6) is 0 Å². The molecule has 1 N–H and O–H groups in total. The van der Waals surface area contributed by atoms with Gasteiger partial charge in [0.1, 0.15) is 5.82 Å². The van der Waals surface area contributed by atoms with Crippen molar-refractivity contribution >= 4 is 17.7 Å². The van der Waals surface area contributed by atoms with Crippen LogP contribution in [0.1, 0.15) is 23.1 Å². The molecule has 0 saturated heterocycles. The Kier molecular flexibility index (Phi) is 3.82. The average Bonchev–Trinajstić information content (AvgIpc) is 2.93. The number of aryl methyl sites for hydroxylation is 2. The summed E-state index contributed by atoms with van der Waals surface area (Å²) < 4.78 is 13.0. The van der Waals surface area contributed by atoms with E-state index in [1.807, 2.05) is 12.1 Å². The first kappa shape index (κ1) is 13.6. The Morgan fingerprint density at radius 3 is 2.81 bits per heavy atom. The van der Waals surface area contributed by atoms with E-state index in [0.717, 1.165) is 18.5 Å². The fourth-order valence-corrected chi connectivity index (χ4v) is 2.62. The molecule has 3 heteroatoms. The van der Waals surface area contributed by atoms with Crippen LogP contribution in [-0.2, 0) is 17.6 Å². The Balaban J connectivity index is 1.66. The first-order valence-corrected chi connectivity index (χ1v) is 7.07. The topological polar surface area (TPSA) is 29.1 Å². The lowest BCUT2D eigenvalue weighted by molar-refractivity contribution is -0.111. The molecule has 0 aromatic heterocycles. The van der Waals surface area contributed by atoms with Gasteiger partial charge in [0.05, 0.1) is 0 Å². The van der Waals surface area contributed by atoms with Crippen molar-refractivity contribution in [1.82, 2.24) is 0 Å². The van der Waals surface area contributed by atoms with E-state index in [4.69, 9.17) is 0 Å². The first-order chi connectivity index (χ1) is 10.2. The number of amides is 1. The molecule has 0 unspecified atom stereocenters. The highest BCUT2D eigenvalue weighted by atomic mass is 19.1. The van der Waals surface area contributed by atoms with Crippen LogP contribution in [-0.4, -0.2) is 5.91 Å². The highest BCUT2D eigenvalue weighted by Gasteiger charge is 2.11. The number of fused-ring (bicyclic) bond motifs is 1. The standard InChI is InChI=1S/C18H16FNO/c19-16-6-1-3-13(11-16)7-10-18(21)20-17-9-8-14-4-2-5-15(14)12-17/h1,3,6-12H,2,4-5H2,(H,20,21). The van der Waals surface area contributed by atoms with Crippen LogP contribution < -0.4 is 5.32 Å². The number of hydrogen-bond donors (Lipinski definition) is 1. The van der Waals surface area contributed by atoms with Gasteiger partial charge in [0, 0.05) is 11.8 Å². The third-order valence-corrected chi connectivity index (χ3v) is 3.64. The molecule has 21 heavy (non-hydrogen) atoms. The summed E-state index contributed by atoms with van der Waals surface area (Å²) in [5.74, 6) is -0.520. The van der Waals surface area contributed by atoms with Crippen molar-refractivity contribution in [2.75, 3.05) is 5.32 Å². The van der Waals surface area contributed by atoms with Crippen LogP contribution in [0, 0.1) is 5.82 Å². The molecule has 0 aliphatic heterocycles. The molecule has 1 aliphatic carbocycles. The van der Waals surface area contributed by atoms with Gasteiger partial charge in [0.25, 0.3) is 0 Å². The molecule has 0 heterocycles. The summed E-state index contributed by atoms with van der Waals surface area (Å²) >= 11 is 0. The van der Waals surface area contributed by atoms with Crippen molar-refractivity contribution < 1.29 is 9.18 Å². The fourth-order valence-electron chi connectivity index (χ4n) is 2.62. The van der Waals surface area contributed by atoms with Crippen LogP contribution in [0.4, 0.5) is 10.1 Å². The van der Waals surface area contributed by atoms with E-state index < -0.39 is 0 Å². The molecule has 1 aliphatic rings. The average molecular weight is 281 g/mol. The fraction of sp³-hybridized carbons (Fsp3) is 0.167. The number of halogens is 1. The van der Waals surface area contributed by atoms with Crippen molar-refractivity contribution in [1.29, 1.82) is 0 Å². The third-order valence-electron chi connectivity index (χ3n) is 3.64. The summed E-state index contributed by atoms with van der Waals surface area (Å²) in [6, 6.07) is 12.2. The highest BCUT2D eigenvalue weighted by Crippen LogP contribution is 2.24. The van der Waals surface area contributed by atoms with Crippen LogP contribution in [0.25, 0.3) is 6.08 Å². The van der Waals surface area contributed by atoms with Crippen LogP contribution in [0.15, 0.2) is 48.5 Å². The molecule has 0 bridgehead atoms. The number of nitrogens with one attached hydrogen (secondary N) is 1. The van der Waals surface area contributed by atoms with E-state index in [2.05, 4.69) is 11.4 Å². The first-order valence-electron chi connectivity index (χ1n) is 7.07. The number of anilines is 1. The van der Waals surface area contributed by atoms with E-state index in [9.17, 15) is 9.18 Å². The Labute approximate surface area is 123 Å². The second-order valence-corrected chi connectivity index (χ2v) is 5.21. The van der Waals surface area contributed by atoms with Gasteiger partial charge in [-0.15, -0.1) is 0 Å². The minimum atomic E-state index is -0.309. The lowest BCUT2D eigenvalue weighted by atomic mass is 10.1. The molecular weight excluding hydrogens is 265 g/mol. The van der Waals surface area contributed by atoms with Gasteiger partial charge in [-0.2, -0.15) is 0 Å². The van der Waals surface area contributed by atoms with Gasteiger partial charge >= 0.3 is 0 Å². The summed E-state index contributed by atoms with van der Waals surface area (Å²) in [6.07, 6.45) is 6.42. The Bertz CT molecular complexity index is 706. The molecule has 0 atom stereocenters. The summed E-state index contributed by atoms with van der Waals surface area (Å²) in [5, 5.41) is 2.84. The Hall–Kier alpha value is -2.42. The molecule has 0 fully saturated rings. The predicted molar refractivity (Wildman–Crippen MR) is 82.5 cm³/mol. The third kappa shape index (κ3) is 3.37. The van der Waals surface area contributed by atoms with Gasteiger partial charge in [0.2, 0.25) is 5.91 Å². The molecule has 0 spiro atoms. The molecule has 106 valence electrons. The normalized spacial score (nSPS) is 13.4. The van der Waals surface area contributed by atoms with E-state index in [0.29, 0.717) is 5.56 Å². The number of rotatable bonds is 3.